The number of aryl methyl sites for hydroxylation is 1. The summed E-state index contributed by atoms with van der Waals surface area (Å²) in [4.78, 5) is 24.1. The molecule has 5 nitrogen and oxygen atoms in total. The van der Waals surface area contributed by atoms with Gasteiger partial charge in [0.25, 0.3) is 11.7 Å². The zero-order valence-electron chi connectivity index (χ0n) is 7.91. The third-order valence-electron chi connectivity index (χ3n) is 1.88. The molecule has 1 heterocycles. The third-order valence-corrected chi connectivity index (χ3v) is 2.07. The molecule has 8 heteroatoms. The lowest BCUT2D eigenvalue weighted by atomic mass is 10.1. The van der Waals surface area contributed by atoms with Crippen LogP contribution >= 0.6 is 11.6 Å². The van der Waals surface area contributed by atoms with Crippen LogP contribution < -0.4 is 0 Å². The molecule has 0 fully saturated rings. The first-order valence-corrected chi connectivity index (χ1v) is 4.36. The SMILES string of the molecule is Cc1ncc(C(F)F)c(C(=O)Cl)c1[N+](=O)[O-]. The Hall–Kier alpha value is -1.63. The van der Waals surface area contributed by atoms with Gasteiger partial charge in [0.15, 0.2) is 0 Å². The average Bonchev–Trinajstić information content (AvgIpc) is 2.15. The Morgan fingerprint density at radius 3 is 2.56 bits per heavy atom. The van der Waals surface area contributed by atoms with Crippen LogP contribution in [0.2, 0.25) is 0 Å². The smallest absolute Gasteiger partial charge is 0.275 e. The van der Waals surface area contributed by atoms with Gasteiger partial charge in [-0.05, 0) is 18.5 Å². The maximum absolute atomic E-state index is 12.5. The normalized spacial score (nSPS) is 10.6. The fraction of sp³-hybridized carbons (Fsp3) is 0.250. The first-order chi connectivity index (χ1) is 7.36. The highest BCUT2D eigenvalue weighted by Gasteiger charge is 2.30. The zero-order chi connectivity index (χ0) is 12.5. The predicted molar refractivity (Wildman–Crippen MR) is 50.8 cm³/mol. The second-order valence-corrected chi connectivity index (χ2v) is 3.20. The molecule has 1 aromatic heterocycles. The monoisotopic (exact) mass is 250 g/mol. The van der Waals surface area contributed by atoms with Crippen LogP contribution in [0.4, 0.5) is 14.5 Å². The Balaban J connectivity index is 3.63. The molecule has 0 aliphatic rings. The summed E-state index contributed by atoms with van der Waals surface area (Å²) in [6.45, 7) is 1.23. The number of pyridine rings is 1. The molecule has 0 unspecified atom stereocenters. The molecule has 0 aromatic carbocycles. The summed E-state index contributed by atoms with van der Waals surface area (Å²) in [5.74, 6) is 0. The molecule has 86 valence electrons. The van der Waals surface area contributed by atoms with Crippen molar-refractivity contribution in [3.05, 3.63) is 33.1 Å². The molecule has 1 rings (SSSR count). The largest absolute Gasteiger partial charge is 0.302 e. The Bertz CT molecular complexity index is 465. The number of nitrogens with zero attached hydrogens (tertiary/aromatic N) is 2. The van der Waals surface area contributed by atoms with E-state index >= 15 is 0 Å². The summed E-state index contributed by atoms with van der Waals surface area (Å²) in [5.41, 5.74) is -2.55. The van der Waals surface area contributed by atoms with Gasteiger partial charge in [-0.25, -0.2) is 8.78 Å². The van der Waals surface area contributed by atoms with Gasteiger partial charge in [-0.15, -0.1) is 0 Å². The maximum atomic E-state index is 12.5. The van der Waals surface area contributed by atoms with E-state index < -0.39 is 33.4 Å². The lowest BCUT2D eigenvalue weighted by Crippen LogP contribution is -2.07. The van der Waals surface area contributed by atoms with Crippen LogP contribution in [0.1, 0.15) is 28.0 Å². The second kappa shape index (κ2) is 4.48. The molecule has 0 aliphatic carbocycles. The van der Waals surface area contributed by atoms with Crippen LogP contribution in [-0.4, -0.2) is 15.1 Å². The molecule has 0 saturated carbocycles. The van der Waals surface area contributed by atoms with Crippen LogP contribution in [0.15, 0.2) is 6.20 Å². The Morgan fingerprint density at radius 2 is 2.19 bits per heavy atom. The fourth-order valence-electron chi connectivity index (χ4n) is 1.21. The van der Waals surface area contributed by atoms with Gasteiger partial charge in [-0.1, -0.05) is 0 Å². The molecule has 0 N–H and O–H groups in total. The number of carbonyl (C=O) groups excluding carboxylic acids is 1. The number of carbonyl (C=O) groups is 1. The van der Waals surface area contributed by atoms with Crippen molar-refractivity contribution in [1.29, 1.82) is 0 Å². The number of halogens is 3. The standard InChI is InChI=1S/C8H5ClF2N2O3/c1-3-6(13(15)16)5(7(9)14)4(2-12-3)8(10)11/h2,8H,1H3. The highest BCUT2D eigenvalue weighted by Crippen LogP contribution is 2.32. The average molecular weight is 251 g/mol. The minimum atomic E-state index is -3.05. The third kappa shape index (κ3) is 2.13. The van der Waals surface area contributed by atoms with Gasteiger partial charge in [0, 0.05) is 6.20 Å². The molecule has 0 atom stereocenters. The minimum Gasteiger partial charge on any atom is -0.275 e. The van der Waals surface area contributed by atoms with Gasteiger partial charge >= 0.3 is 5.69 Å². The minimum absolute atomic E-state index is 0.140. The maximum Gasteiger partial charge on any atom is 0.302 e. The molecular weight excluding hydrogens is 246 g/mol. The molecule has 0 spiro atoms. The van der Waals surface area contributed by atoms with Gasteiger partial charge in [-0.2, -0.15) is 0 Å². The summed E-state index contributed by atoms with van der Waals surface area (Å²) in [7, 11) is 0. The van der Waals surface area contributed by atoms with Crippen LogP contribution in [0.5, 0.6) is 0 Å². The Labute approximate surface area is 93.2 Å². The van der Waals surface area contributed by atoms with Crippen molar-refractivity contribution in [2.45, 2.75) is 13.3 Å². The van der Waals surface area contributed by atoms with E-state index in [2.05, 4.69) is 4.98 Å². The number of rotatable bonds is 3. The van der Waals surface area contributed by atoms with E-state index in [4.69, 9.17) is 11.6 Å². The van der Waals surface area contributed by atoms with Crippen molar-refractivity contribution in [3.8, 4) is 0 Å². The van der Waals surface area contributed by atoms with E-state index in [0.717, 1.165) is 0 Å². The van der Waals surface area contributed by atoms with Crippen molar-refractivity contribution >= 4 is 22.5 Å². The number of hydrogen-bond donors (Lipinski definition) is 0. The van der Waals surface area contributed by atoms with E-state index in [1.807, 2.05) is 0 Å². The summed E-state index contributed by atoms with van der Waals surface area (Å²) in [6, 6.07) is 0. The fourth-order valence-corrected chi connectivity index (χ4v) is 1.40. The van der Waals surface area contributed by atoms with Crippen molar-refractivity contribution in [2.75, 3.05) is 0 Å². The quantitative estimate of drug-likeness (QED) is 0.469. The van der Waals surface area contributed by atoms with Crippen LogP contribution in [-0.2, 0) is 0 Å². The first kappa shape index (κ1) is 12.4. The Kier molecular flexibility index (Phi) is 3.48. The van der Waals surface area contributed by atoms with Crippen molar-refractivity contribution < 1.29 is 18.5 Å². The molecule has 0 radical (unpaired) electrons. The molecule has 16 heavy (non-hydrogen) atoms. The predicted octanol–water partition coefficient (Wildman–Crippen LogP) is 2.61. The van der Waals surface area contributed by atoms with E-state index in [1.54, 1.807) is 0 Å². The summed E-state index contributed by atoms with van der Waals surface area (Å²) < 4.78 is 25.0. The Morgan fingerprint density at radius 1 is 1.62 bits per heavy atom. The first-order valence-electron chi connectivity index (χ1n) is 3.98. The molecular formula is C8H5ClF2N2O3. The highest BCUT2D eigenvalue weighted by molar-refractivity contribution is 6.68. The van der Waals surface area contributed by atoms with Crippen molar-refractivity contribution in [1.82, 2.24) is 4.98 Å². The van der Waals surface area contributed by atoms with E-state index in [9.17, 15) is 23.7 Å². The van der Waals surface area contributed by atoms with Gasteiger partial charge in [-0.3, -0.25) is 19.9 Å². The van der Waals surface area contributed by atoms with Gasteiger partial charge < -0.3 is 0 Å². The number of nitro groups is 1. The van der Waals surface area contributed by atoms with Crippen LogP contribution in [0.3, 0.4) is 0 Å². The molecule has 1 aromatic rings. The topological polar surface area (TPSA) is 73.1 Å². The van der Waals surface area contributed by atoms with E-state index in [-0.39, 0.29) is 5.69 Å². The number of hydrogen-bond acceptors (Lipinski definition) is 4. The number of aromatic nitrogens is 1. The zero-order valence-corrected chi connectivity index (χ0v) is 8.66. The van der Waals surface area contributed by atoms with E-state index in [0.29, 0.717) is 6.20 Å². The second-order valence-electron chi connectivity index (χ2n) is 2.85. The highest BCUT2D eigenvalue weighted by atomic mass is 35.5. The lowest BCUT2D eigenvalue weighted by molar-refractivity contribution is -0.386. The van der Waals surface area contributed by atoms with Gasteiger partial charge in [0.2, 0.25) is 0 Å². The molecule has 0 saturated heterocycles. The van der Waals surface area contributed by atoms with E-state index in [1.165, 1.54) is 6.92 Å². The lowest BCUT2D eigenvalue weighted by Gasteiger charge is -2.06. The van der Waals surface area contributed by atoms with Crippen molar-refractivity contribution in [2.24, 2.45) is 0 Å². The molecule has 0 aliphatic heterocycles. The van der Waals surface area contributed by atoms with Crippen LogP contribution in [0, 0.1) is 17.0 Å². The molecule has 0 bridgehead atoms. The summed E-state index contributed by atoms with van der Waals surface area (Å²) in [5, 5.41) is 9.33. The van der Waals surface area contributed by atoms with Gasteiger partial charge in [0.1, 0.15) is 11.3 Å². The van der Waals surface area contributed by atoms with Gasteiger partial charge in [0.05, 0.1) is 10.5 Å². The summed E-state index contributed by atoms with van der Waals surface area (Å²) >= 11 is 5.07. The van der Waals surface area contributed by atoms with Crippen molar-refractivity contribution in [3.63, 3.8) is 0 Å². The summed E-state index contributed by atoms with van der Waals surface area (Å²) in [6.07, 6.45) is -2.34. The molecule has 0 amide bonds. The van der Waals surface area contributed by atoms with Crippen LogP contribution in [0.25, 0.3) is 0 Å². The number of alkyl halides is 2.